The minimum Gasteiger partial charge on any atom is -0.451 e. The lowest BCUT2D eigenvalue weighted by Crippen LogP contribution is -2.28. The Morgan fingerprint density at radius 2 is 1.95 bits per heavy atom. The van der Waals surface area contributed by atoms with Gasteiger partial charge in [-0.15, -0.1) is 0 Å². The molecule has 0 aliphatic rings. The van der Waals surface area contributed by atoms with E-state index in [9.17, 15) is 9.59 Å². The Morgan fingerprint density at radius 1 is 1.23 bits per heavy atom. The van der Waals surface area contributed by atoms with E-state index in [-0.39, 0.29) is 18.1 Å². The van der Waals surface area contributed by atoms with Gasteiger partial charge in [-0.1, -0.05) is 41.9 Å². The number of halogens is 1. The predicted octanol–water partition coefficient (Wildman–Crippen LogP) is 2.77. The Balaban J connectivity index is 2.13. The van der Waals surface area contributed by atoms with E-state index in [0.717, 1.165) is 5.56 Å². The molecule has 0 spiro atoms. The number of benzene rings is 1. The van der Waals surface area contributed by atoms with Crippen molar-refractivity contribution >= 4 is 23.5 Å². The molecule has 1 heterocycles. The van der Waals surface area contributed by atoms with Gasteiger partial charge in [-0.25, -0.2) is 9.78 Å². The van der Waals surface area contributed by atoms with Crippen LogP contribution in [0.25, 0.3) is 0 Å². The van der Waals surface area contributed by atoms with Gasteiger partial charge in [0.25, 0.3) is 0 Å². The molecule has 0 radical (unpaired) electrons. The molecule has 2 rings (SSSR count). The first kappa shape index (κ1) is 16.0. The lowest BCUT2D eigenvalue weighted by Gasteiger charge is -2.18. The second kappa shape index (κ2) is 7.56. The molecule has 114 valence electrons. The van der Waals surface area contributed by atoms with Crippen LogP contribution in [0, 0.1) is 0 Å². The molecule has 6 heteroatoms. The Bertz CT molecular complexity index is 644. The molecular weight excluding hydrogens is 304 g/mol. The van der Waals surface area contributed by atoms with Gasteiger partial charge in [0, 0.05) is 13.1 Å². The predicted molar refractivity (Wildman–Crippen MR) is 82.5 cm³/mol. The van der Waals surface area contributed by atoms with Crippen LogP contribution in [0.1, 0.15) is 29.1 Å². The van der Waals surface area contributed by atoms with Crippen molar-refractivity contribution in [1.29, 1.82) is 0 Å². The molecule has 0 aliphatic heterocycles. The molecular formula is C16H15ClN2O3. The average molecular weight is 319 g/mol. The summed E-state index contributed by atoms with van der Waals surface area (Å²) in [5.41, 5.74) is 0.951. The van der Waals surface area contributed by atoms with Crippen LogP contribution in [0.5, 0.6) is 0 Å². The number of nitrogens with one attached hydrogen (secondary N) is 1. The smallest absolute Gasteiger partial charge is 0.357 e. The highest BCUT2D eigenvalue weighted by atomic mass is 35.5. The molecule has 5 nitrogen and oxygen atoms in total. The molecule has 0 saturated carbocycles. The molecule has 22 heavy (non-hydrogen) atoms. The summed E-state index contributed by atoms with van der Waals surface area (Å²) in [4.78, 5) is 27.2. The molecule has 0 fully saturated rings. The summed E-state index contributed by atoms with van der Waals surface area (Å²) in [6.45, 7) is 1.60. The zero-order valence-corrected chi connectivity index (χ0v) is 12.7. The number of hydrogen-bond acceptors (Lipinski definition) is 4. The first-order valence-corrected chi connectivity index (χ1v) is 7.06. The fourth-order valence-corrected chi connectivity index (χ4v) is 1.93. The summed E-state index contributed by atoms with van der Waals surface area (Å²) in [5, 5.41) is 3.09. The molecule has 1 amide bonds. The van der Waals surface area contributed by atoms with Crippen LogP contribution in [0.15, 0.2) is 48.7 Å². The van der Waals surface area contributed by atoms with Crippen molar-refractivity contribution in [2.24, 2.45) is 0 Å². The zero-order chi connectivity index (χ0) is 15.9. The van der Waals surface area contributed by atoms with Gasteiger partial charge in [-0.05, 0) is 17.7 Å². The molecule has 1 aromatic carbocycles. The van der Waals surface area contributed by atoms with Gasteiger partial charge >= 0.3 is 5.97 Å². The maximum atomic E-state index is 12.1. The molecule has 1 aromatic heterocycles. The summed E-state index contributed by atoms with van der Waals surface area (Å²) in [6, 6.07) is 12.3. The van der Waals surface area contributed by atoms with E-state index in [1.54, 1.807) is 6.07 Å². The van der Waals surface area contributed by atoms with Gasteiger partial charge in [-0.3, -0.25) is 4.79 Å². The summed E-state index contributed by atoms with van der Waals surface area (Å²) >= 11 is 5.74. The Hall–Kier alpha value is -2.40. The third-order valence-corrected chi connectivity index (χ3v) is 3.12. The van der Waals surface area contributed by atoms with Crippen molar-refractivity contribution in [2.45, 2.75) is 13.0 Å². The topological polar surface area (TPSA) is 68.3 Å². The van der Waals surface area contributed by atoms with Crippen LogP contribution in [0.4, 0.5) is 0 Å². The molecule has 1 N–H and O–H groups in total. The van der Waals surface area contributed by atoms with Crippen molar-refractivity contribution in [3.05, 3.63) is 64.9 Å². The minimum absolute atomic E-state index is 0.160. The van der Waals surface area contributed by atoms with E-state index >= 15 is 0 Å². The number of pyridine rings is 1. The molecule has 0 aliphatic carbocycles. The van der Waals surface area contributed by atoms with Crippen LogP contribution < -0.4 is 5.32 Å². The van der Waals surface area contributed by atoms with Crippen LogP contribution in [0.3, 0.4) is 0 Å². The fraction of sp³-hybridized carbons (Fsp3) is 0.188. The molecule has 2 aromatic rings. The number of esters is 1. The van der Waals surface area contributed by atoms with E-state index in [1.807, 2.05) is 30.3 Å². The molecule has 0 unspecified atom stereocenters. The number of aromatic nitrogens is 1. The van der Waals surface area contributed by atoms with Crippen LogP contribution >= 0.6 is 11.6 Å². The van der Waals surface area contributed by atoms with E-state index < -0.39 is 12.1 Å². The maximum absolute atomic E-state index is 12.1. The maximum Gasteiger partial charge on any atom is 0.357 e. The second-order valence-corrected chi connectivity index (χ2v) is 5.04. The quantitative estimate of drug-likeness (QED) is 0.861. The lowest BCUT2D eigenvalue weighted by molar-refractivity contribution is -0.119. The van der Waals surface area contributed by atoms with E-state index in [1.165, 1.54) is 19.2 Å². The van der Waals surface area contributed by atoms with E-state index in [4.69, 9.17) is 16.3 Å². The summed E-state index contributed by atoms with van der Waals surface area (Å²) in [6.07, 6.45) is 0.791. The third-order valence-electron chi connectivity index (χ3n) is 2.89. The van der Waals surface area contributed by atoms with Crippen molar-refractivity contribution in [2.75, 3.05) is 6.54 Å². The van der Waals surface area contributed by atoms with Gasteiger partial charge < -0.3 is 10.1 Å². The minimum atomic E-state index is -0.588. The van der Waals surface area contributed by atoms with Gasteiger partial charge in [0.1, 0.15) is 11.8 Å². The number of hydrogen-bond donors (Lipinski definition) is 1. The standard InChI is InChI=1S/C16H15ClN2O3/c1-11(20)18-10-15(12-5-3-2-4-6-12)22-16(21)14-8-7-13(17)9-19-14/h2-9,15H,10H2,1H3,(H,18,20)/t15-/m1/s1. The number of rotatable bonds is 5. The van der Waals surface area contributed by atoms with Crippen LogP contribution in [-0.4, -0.2) is 23.4 Å². The van der Waals surface area contributed by atoms with Gasteiger partial charge in [0.15, 0.2) is 0 Å². The van der Waals surface area contributed by atoms with E-state index in [0.29, 0.717) is 5.02 Å². The normalized spacial score (nSPS) is 11.5. The lowest BCUT2D eigenvalue weighted by atomic mass is 10.1. The third kappa shape index (κ3) is 4.56. The van der Waals surface area contributed by atoms with Gasteiger partial charge in [-0.2, -0.15) is 0 Å². The molecule has 0 bridgehead atoms. The second-order valence-electron chi connectivity index (χ2n) is 4.60. The van der Waals surface area contributed by atoms with Crippen LogP contribution in [0.2, 0.25) is 5.02 Å². The molecule has 1 atom stereocenters. The number of ether oxygens (including phenoxy) is 1. The Morgan fingerprint density at radius 3 is 2.55 bits per heavy atom. The average Bonchev–Trinajstić information content (AvgIpc) is 2.52. The Kier molecular flexibility index (Phi) is 5.49. The molecule has 0 saturated heterocycles. The van der Waals surface area contributed by atoms with Crippen molar-refractivity contribution in [3.8, 4) is 0 Å². The highest BCUT2D eigenvalue weighted by Crippen LogP contribution is 2.18. The van der Waals surface area contributed by atoms with Gasteiger partial charge in [0.05, 0.1) is 11.6 Å². The number of carbonyl (C=O) groups excluding carboxylic acids is 2. The monoisotopic (exact) mass is 318 g/mol. The highest BCUT2D eigenvalue weighted by Gasteiger charge is 2.19. The van der Waals surface area contributed by atoms with Crippen molar-refractivity contribution in [3.63, 3.8) is 0 Å². The first-order chi connectivity index (χ1) is 10.6. The summed E-state index contributed by atoms with van der Waals surface area (Å²) in [5.74, 6) is -0.766. The number of amides is 1. The van der Waals surface area contributed by atoms with Crippen molar-refractivity contribution in [1.82, 2.24) is 10.3 Å². The Labute approximate surface area is 133 Å². The number of nitrogens with zero attached hydrogens (tertiary/aromatic N) is 1. The van der Waals surface area contributed by atoms with Gasteiger partial charge in [0.2, 0.25) is 5.91 Å². The van der Waals surface area contributed by atoms with Crippen LogP contribution in [-0.2, 0) is 9.53 Å². The summed E-state index contributed by atoms with van der Waals surface area (Å²) in [7, 11) is 0. The highest BCUT2D eigenvalue weighted by molar-refractivity contribution is 6.30. The van der Waals surface area contributed by atoms with Crippen molar-refractivity contribution < 1.29 is 14.3 Å². The SMILES string of the molecule is CC(=O)NC[C@@H](OC(=O)c1ccc(Cl)cn1)c1ccccc1. The summed E-state index contributed by atoms with van der Waals surface area (Å²) < 4.78 is 5.45. The largest absolute Gasteiger partial charge is 0.451 e. The first-order valence-electron chi connectivity index (χ1n) is 6.68. The number of carbonyl (C=O) groups is 2. The fourth-order valence-electron chi connectivity index (χ4n) is 1.82. The van der Waals surface area contributed by atoms with E-state index in [2.05, 4.69) is 10.3 Å². The zero-order valence-electron chi connectivity index (χ0n) is 12.0.